The summed E-state index contributed by atoms with van der Waals surface area (Å²) >= 11 is 0. The van der Waals surface area contributed by atoms with Crippen LogP contribution in [-0.4, -0.2) is 27.6 Å². The smallest absolute Gasteiger partial charge is 0.394 e. The highest BCUT2D eigenvalue weighted by Gasteiger charge is 2.35. The Morgan fingerprint density at radius 1 is 1.17 bits per heavy atom. The number of nitrogens with zero attached hydrogens (tertiary/aromatic N) is 2. The van der Waals surface area contributed by atoms with E-state index in [2.05, 4.69) is 21.8 Å². The summed E-state index contributed by atoms with van der Waals surface area (Å²) in [6, 6.07) is 3.58. The van der Waals surface area contributed by atoms with E-state index in [1.165, 1.54) is 0 Å². The first-order chi connectivity index (χ1) is 13.7. The lowest BCUT2D eigenvalue weighted by Gasteiger charge is -2.23. The molecule has 0 fully saturated rings. The van der Waals surface area contributed by atoms with Crippen molar-refractivity contribution in [2.24, 2.45) is 5.73 Å². The predicted molar refractivity (Wildman–Crippen MR) is 109 cm³/mol. The van der Waals surface area contributed by atoms with Crippen molar-refractivity contribution in [3.8, 4) is 0 Å². The number of aromatic amines is 1. The quantitative estimate of drug-likeness (QED) is 0.547. The third-order valence-electron chi connectivity index (χ3n) is 5.40. The van der Waals surface area contributed by atoms with Crippen molar-refractivity contribution < 1.29 is 13.2 Å². The summed E-state index contributed by atoms with van der Waals surface area (Å²) in [6.45, 7) is 5.86. The number of pyridine rings is 1. The van der Waals surface area contributed by atoms with E-state index >= 15 is 0 Å². The first-order valence-corrected chi connectivity index (χ1v) is 9.30. The molecular formula is C21H20F3N5. The van der Waals surface area contributed by atoms with Crippen LogP contribution >= 0.6 is 0 Å². The van der Waals surface area contributed by atoms with Crippen LogP contribution in [0.2, 0.25) is 0 Å². The largest absolute Gasteiger partial charge is 0.431 e. The molecule has 4 N–H and O–H groups in total. The molecule has 0 radical (unpaired) electrons. The number of halogens is 3. The van der Waals surface area contributed by atoms with E-state index in [9.17, 15) is 13.2 Å². The maximum Gasteiger partial charge on any atom is 0.431 e. The molecular weight excluding hydrogens is 379 g/mol. The standard InChI is InChI=1S/C21H20F3N5/c1-10(2)18-17-15(28-29-18)8-7-14-16(17)11-5-3-4-6-12(11)19(27-14)13(9-25)20(26)21(22,23)24/h7-9,25H,1,3-6,26H2,2H3,(H,28,29). The van der Waals surface area contributed by atoms with E-state index in [4.69, 9.17) is 11.1 Å². The Kier molecular flexibility index (Phi) is 4.44. The van der Waals surface area contributed by atoms with Gasteiger partial charge in [-0.05, 0) is 61.4 Å². The molecule has 0 amide bonds. The maximum atomic E-state index is 13.3. The summed E-state index contributed by atoms with van der Waals surface area (Å²) in [7, 11) is 0. The van der Waals surface area contributed by atoms with Gasteiger partial charge < -0.3 is 11.1 Å². The molecule has 1 aliphatic rings. The van der Waals surface area contributed by atoms with Crippen molar-refractivity contribution in [1.82, 2.24) is 15.2 Å². The van der Waals surface area contributed by atoms with Gasteiger partial charge >= 0.3 is 6.18 Å². The van der Waals surface area contributed by atoms with Gasteiger partial charge in [-0.2, -0.15) is 18.3 Å². The van der Waals surface area contributed by atoms with Gasteiger partial charge in [0.05, 0.1) is 22.4 Å². The Balaban J connectivity index is 2.15. The molecule has 2 aromatic heterocycles. The Labute approximate surface area is 165 Å². The molecule has 2 heterocycles. The van der Waals surface area contributed by atoms with E-state index in [0.717, 1.165) is 57.9 Å². The maximum absolute atomic E-state index is 13.3. The third kappa shape index (κ3) is 2.99. The van der Waals surface area contributed by atoms with Crippen LogP contribution in [0.4, 0.5) is 13.2 Å². The zero-order valence-corrected chi connectivity index (χ0v) is 15.9. The van der Waals surface area contributed by atoms with Crippen molar-refractivity contribution in [2.75, 3.05) is 0 Å². The summed E-state index contributed by atoms with van der Waals surface area (Å²) in [4.78, 5) is 4.56. The highest BCUT2D eigenvalue weighted by atomic mass is 19.4. The van der Waals surface area contributed by atoms with Crippen LogP contribution in [-0.2, 0) is 12.8 Å². The number of rotatable bonds is 3. The van der Waals surface area contributed by atoms with Gasteiger partial charge in [0.1, 0.15) is 5.70 Å². The number of aromatic nitrogens is 3. The lowest BCUT2D eigenvalue weighted by Crippen LogP contribution is -2.23. The van der Waals surface area contributed by atoms with Crippen LogP contribution in [0.25, 0.3) is 33.0 Å². The number of aryl methyl sites for hydroxylation is 1. The average Bonchev–Trinajstić information content (AvgIpc) is 3.12. The summed E-state index contributed by atoms with van der Waals surface area (Å²) in [6.07, 6.45) is -0.987. The van der Waals surface area contributed by atoms with Gasteiger partial charge in [0.15, 0.2) is 0 Å². The fraction of sp³-hybridized carbons (Fsp3) is 0.286. The van der Waals surface area contributed by atoms with Crippen LogP contribution in [0.15, 0.2) is 24.4 Å². The first-order valence-electron chi connectivity index (χ1n) is 9.30. The predicted octanol–water partition coefficient (Wildman–Crippen LogP) is 4.90. The number of benzene rings is 1. The summed E-state index contributed by atoms with van der Waals surface area (Å²) in [5.74, 6) is 0. The minimum absolute atomic E-state index is 0.150. The van der Waals surface area contributed by atoms with Crippen LogP contribution in [0.1, 0.15) is 42.3 Å². The molecule has 0 atom stereocenters. The minimum Gasteiger partial charge on any atom is -0.394 e. The van der Waals surface area contributed by atoms with Gasteiger partial charge in [-0.3, -0.25) is 5.10 Å². The summed E-state index contributed by atoms with van der Waals surface area (Å²) < 4.78 is 39.9. The van der Waals surface area contributed by atoms with Gasteiger partial charge in [0, 0.05) is 22.6 Å². The number of nitrogens with one attached hydrogen (secondary N) is 2. The molecule has 0 saturated carbocycles. The highest BCUT2D eigenvalue weighted by molar-refractivity contribution is 6.14. The Bertz CT molecular complexity index is 1200. The van der Waals surface area contributed by atoms with E-state index in [1.807, 2.05) is 13.0 Å². The number of fused-ring (bicyclic) bond motifs is 5. The van der Waals surface area contributed by atoms with E-state index < -0.39 is 11.9 Å². The molecule has 150 valence electrons. The fourth-order valence-corrected chi connectivity index (χ4v) is 4.09. The molecule has 0 saturated heterocycles. The molecule has 0 unspecified atom stereocenters. The molecule has 8 heteroatoms. The van der Waals surface area contributed by atoms with Crippen molar-refractivity contribution in [1.29, 1.82) is 5.41 Å². The zero-order chi connectivity index (χ0) is 20.9. The first kappa shape index (κ1) is 19.2. The Morgan fingerprint density at radius 2 is 1.86 bits per heavy atom. The highest BCUT2D eigenvalue weighted by Crippen LogP contribution is 2.39. The molecule has 29 heavy (non-hydrogen) atoms. The van der Waals surface area contributed by atoms with Gasteiger partial charge in [-0.1, -0.05) is 6.58 Å². The van der Waals surface area contributed by atoms with Crippen LogP contribution in [0, 0.1) is 5.41 Å². The van der Waals surface area contributed by atoms with Gasteiger partial charge in [0.25, 0.3) is 0 Å². The summed E-state index contributed by atoms with van der Waals surface area (Å²) in [5, 5.41) is 16.7. The fourth-order valence-electron chi connectivity index (χ4n) is 4.09. The second-order valence-corrected chi connectivity index (χ2v) is 7.33. The van der Waals surface area contributed by atoms with Gasteiger partial charge in [-0.25, -0.2) is 4.98 Å². The minimum atomic E-state index is -4.73. The van der Waals surface area contributed by atoms with Crippen LogP contribution in [0.5, 0.6) is 0 Å². The topological polar surface area (TPSA) is 91.4 Å². The van der Waals surface area contributed by atoms with Crippen molar-refractivity contribution >= 4 is 39.2 Å². The van der Waals surface area contributed by atoms with Gasteiger partial charge in [-0.15, -0.1) is 0 Å². The van der Waals surface area contributed by atoms with Crippen molar-refractivity contribution in [3.05, 3.63) is 46.9 Å². The Morgan fingerprint density at radius 3 is 2.48 bits per heavy atom. The summed E-state index contributed by atoms with van der Waals surface area (Å²) in [5.41, 5.74) is 8.46. The molecule has 4 rings (SSSR count). The molecule has 3 aromatic rings. The molecule has 1 aromatic carbocycles. The number of hydrogen-bond acceptors (Lipinski definition) is 4. The number of nitrogens with two attached hydrogens (primary N) is 1. The Hall–Kier alpha value is -3.16. The normalized spacial score (nSPS) is 15.3. The zero-order valence-electron chi connectivity index (χ0n) is 15.9. The van der Waals surface area contributed by atoms with E-state index in [0.29, 0.717) is 18.2 Å². The third-order valence-corrected chi connectivity index (χ3v) is 5.40. The molecule has 1 aliphatic carbocycles. The second kappa shape index (κ2) is 6.72. The number of H-pyrrole nitrogens is 1. The molecule has 0 spiro atoms. The lowest BCUT2D eigenvalue weighted by molar-refractivity contribution is -0.0919. The SMILES string of the molecule is C=C(C)c1n[nH]c2ccc3nc(C(C=N)=C(N)C(F)(F)F)c4c(c3c12)CCCC4. The average molecular weight is 399 g/mol. The van der Waals surface area contributed by atoms with E-state index in [1.54, 1.807) is 6.07 Å². The van der Waals surface area contributed by atoms with Gasteiger partial charge in [0.2, 0.25) is 0 Å². The molecule has 0 bridgehead atoms. The molecule has 5 nitrogen and oxygen atoms in total. The van der Waals surface area contributed by atoms with Crippen molar-refractivity contribution in [3.63, 3.8) is 0 Å². The number of alkyl halides is 3. The molecule has 0 aliphatic heterocycles. The van der Waals surface area contributed by atoms with Crippen LogP contribution < -0.4 is 5.73 Å². The monoisotopic (exact) mass is 399 g/mol. The second-order valence-electron chi connectivity index (χ2n) is 7.33. The van der Waals surface area contributed by atoms with Crippen LogP contribution in [0.3, 0.4) is 0 Å². The van der Waals surface area contributed by atoms with E-state index in [-0.39, 0.29) is 11.3 Å². The lowest BCUT2D eigenvalue weighted by atomic mass is 9.84. The number of allylic oxidation sites excluding steroid dienone is 3. The van der Waals surface area contributed by atoms with Crippen molar-refractivity contribution in [2.45, 2.75) is 38.8 Å². The number of hydrogen-bond donors (Lipinski definition) is 3.